The van der Waals surface area contributed by atoms with Crippen LogP contribution in [0.1, 0.15) is 84.1 Å². The van der Waals surface area contributed by atoms with Crippen LogP contribution in [0, 0.1) is 5.92 Å². The molecule has 1 aromatic carbocycles. The van der Waals surface area contributed by atoms with Crippen LogP contribution in [0.4, 0.5) is 0 Å². The molecule has 1 aliphatic heterocycles. The molecule has 1 saturated heterocycles. The Morgan fingerprint density at radius 3 is 2.43 bits per heavy atom. The van der Waals surface area contributed by atoms with Crippen molar-refractivity contribution in [1.29, 1.82) is 0 Å². The van der Waals surface area contributed by atoms with Gasteiger partial charge in [0.2, 0.25) is 0 Å². The quantitative estimate of drug-likeness (QED) is 0.362. The fourth-order valence-electron chi connectivity index (χ4n) is 4.43. The lowest BCUT2D eigenvalue weighted by Crippen LogP contribution is -2.44. The Labute approximate surface area is 185 Å². The van der Waals surface area contributed by atoms with Crippen molar-refractivity contribution >= 4 is 0 Å². The first-order valence-electron chi connectivity index (χ1n) is 12.5. The van der Waals surface area contributed by atoms with Crippen LogP contribution < -0.4 is 9.47 Å². The maximum absolute atomic E-state index is 10.5. The maximum atomic E-state index is 10.5. The van der Waals surface area contributed by atoms with E-state index in [1.165, 1.54) is 50.5 Å². The summed E-state index contributed by atoms with van der Waals surface area (Å²) in [6.07, 6.45) is 11.7. The predicted octanol–water partition coefficient (Wildman–Crippen LogP) is 5.85. The predicted molar refractivity (Wildman–Crippen MR) is 126 cm³/mol. The van der Waals surface area contributed by atoms with Gasteiger partial charge in [-0.3, -0.25) is 0 Å². The third-order valence-corrected chi connectivity index (χ3v) is 6.13. The zero-order valence-corrected chi connectivity index (χ0v) is 19.7. The molecule has 4 nitrogen and oxygen atoms in total. The Morgan fingerprint density at radius 1 is 0.933 bits per heavy atom. The lowest BCUT2D eigenvalue weighted by Gasteiger charge is -2.36. The minimum Gasteiger partial charge on any atom is -0.490 e. The average molecular weight is 420 g/mol. The molecule has 0 saturated carbocycles. The monoisotopic (exact) mass is 419 g/mol. The molecular weight excluding hydrogens is 374 g/mol. The van der Waals surface area contributed by atoms with Crippen LogP contribution in [0.5, 0.6) is 11.5 Å². The van der Waals surface area contributed by atoms with Crippen molar-refractivity contribution in [2.75, 3.05) is 32.8 Å². The van der Waals surface area contributed by atoms with E-state index in [4.69, 9.17) is 9.47 Å². The molecule has 0 spiro atoms. The number of rotatable bonds is 15. The van der Waals surface area contributed by atoms with Gasteiger partial charge in [-0.25, -0.2) is 0 Å². The molecule has 1 heterocycles. The van der Waals surface area contributed by atoms with E-state index in [1.54, 1.807) is 0 Å². The summed E-state index contributed by atoms with van der Waals surface area (Å²) < 4.78 is 11.9. The average Bonchev–Trinajstić information content (AvgIpc) is 2.74. The van der Waals surface area contributed by atoms with Gasteiger partial charge in [0.05, 0.1) is 19.3 Å². The number of ether oxygens (including phenoxy) is 2. The van der Waals surface area contributed by atoms with Crippen molar-refractivity contribution in [2.45, 2.75) is 91.1 Å². The Balaban J connectivity index is 1.84. The number of hydrogen-bond acceptors (Lipinski definition) is 4. The smallest absolute Gasteiger partial charge is 0.161 e. The number of unbranched alkanes of at least 4 members (excludes halogenated alkanes) is 6. The van der Waals surface area contributed by atoms with Crippen molar-refractivity contribution in [3.05, 3.63) is 23.8 Å². The van der Waals surface area contributed by atoms with E-state index in [2.05, 4.69) is 36.9 Å². The van der Waals surface area contributed by atoms with E-state index in [1.807, 2.05) is 6.92 Å². The van der Waals surface area contributed by atoms with Crippen molar-refractivity contribution in [1.82, 2.24) is 4.90 Å². The summed E-state index contributed by atoms with van der Waals surface area (Å²) in [6, 6.07) is 6.32. The SMILES string of the molecule is CCCCCCCCCOc1ccc(CC2CN(CCC)CCC2O)cc1OCC. The van der Waals surface area contributed by atoms with Gasteiger partial charge in [0.1, 0.15) is 0 Å². The zero-order valence-electron chi connectivity index (χ0n) is 19.7. The topological polar surface area (TPSA) is 41.9 Å². The van der Waals surface area contributed by atoms with Gasteiger partial charge in [-0.05, 0) is 56.8 Å². The Hall–Kier alpha value is -1.26. The van der Waals surface area contributed by atoms with Gasteiger partial charge < -0.3 is 19.5 Å². The molecule has 2 rings (SSSR count). The Kier molecular flexibility index (Phi) is 12.2. The second-order valence-electron chi connectivity index (χ2n) is 8.80. The lowest BCUT2D eigenvalue weighted by atomic mass is 9.88. The molecule has 2 unspecified atom stereocenters. The van der Waals surface area contributed by atoms with Gasteiger partial charge in [0.15, 0.2) is 11.5 Å². The fourth-order valence-corrected chi connectivity index (χ4v) is 4.43. The number of aliphatic hydroxyl groups excluding tert-OH is 1. The number of nitrogens with zero attached hydrogens (tertiary/aromatic N) is 1. The Bertz CT molecular complexity index is 577. The van der Waals surface area contributed by atoms with Crippen LogP contribution in [-0.4, -0.2) is 49.0 Å². The third kappa shape index (κ3) is 8.85. The standard InChI is InChI=1S/C26H45NO3/c1-4-7-8-9-10-11-12-18-30-25-14-13-22(20-26(25)29-6-3)19-23-21-27(16-5-2)17-15-24(23)28/h13-14,20,23-24,28H,4-12,15-19,21H2,1-3H3. The summed E-state index contributed by atoms with van der Waals surface area (Å²) in [7, 11) is 0. The van der Waals surface area contributed by atoms with Crippen molar-refractivity contribution < 1.29 is 14.6 Å². The largest absolute Gasteiger partial charge is 0.490 e. The van der Waals surface area contributed by atoms with Crippen molar-refractivity contribution in [3.63, 3.8) is 0 Å². The molecule has 30 heavy (non-hydrogen) atoms. The highest BCUT2D eigenvalue weighted by molar-refractivity contribution is 5.43. The fraction of sp³-hybridized carbons (Fsp3) is 0.769. The molecule has 0 amide bonds. The van der Waals surface area contributed by atoms with Gasteiger partial charge in [-0.2, -0.15) is 0 Å². The highest BCUT2D eigenvalue weighted by atomic mass is 16.5. The summed E-state index contributed by atoms with van der Waals surface area (Å²) in [4.78, 5) is 2.49. The minimum absolute atomic E-state index is 0.207. The van der Waals surface area contributed by atoms with E-state index in [9.17, 15) is 5.11 Å². The van der Waals surface area contributed by atoms with Crippen LogP contribution >= 0.6 is 0 Å². The highest BCUT2D eigenvalue weighted by Crippen LogP contribution is 2.31. The van der Waals surface area contributed by atoms with Crippen LogP contribution in [-0.2, 0) is 6.42 Å². The molecule has 0 bridgehead atoms. The van der Waals surface area contributed by atoms with Gasteiger partial charge in [0.25, 0.3) is 0 Å². The van der Waals surface area contributed by atoms with Gasteiger partial charge in [-0.15, -0.1) is 0 Å². The highest BCUT2D eigenvalue weighted by Gasteiger charge is 2.27. The summed E-state index contributed by atoms with van der Waals surface area (Å²) in [5.74, 6) is 1.98. The summed E-state index contributed by atoms with van der Waals surface area (Å²) in [5.41, 5.74) is 1.23. The molecule has 1 aliphatic rings. The lowest BCUT2D eigenvalue weighted by molar-refractivity contribution is 0.0270. The van der Waals surface area contributed by atoms with Crippen LogP contribution in [0.25, 0.3) is 0 Å². The molecule has 0 radical (unpaired) electrons. The summed E-state index contributed by atoms with van der Waals surface area (Å²) in [5, 5.41) is 10.5. The number of hydrogen-bond donors (Lipinski definition) is 1. The van der Waals surface area contributed by atoms with Crippen LogP contribution in [0.15, 0.2) is 18.2 Å². The third-order valence-electron chi connectivity index (χ3n) is 6.13. The normalized spacial score (nSPS) is 19.7. The molecule has 1 aromatic rings. The first-order chi connectivity index (χ1) is 14.7. The molecule has 172 valence electrons. The number of likely N-dealkylation sites (tertiary alicyclic amines) is 1. The minimum atomic E-state index is -0.207. The van der Waals surface area contributed by atoms with E-state index < -0.39 is 0 Å². The van der Waals surface area contributed by atoms with Gasteiger partial charge in [0, 0.05) is 19.0 Å². The van der Waals surface area contributed by atoms with E-state index >= 15 is 0 Å². The molecule has 0 aromatic heterocycles. The van der Waals surface area contributed by atoms with Gasteiger partial charge >= 0.3 is 0 Å². The number of benzene rings is 1. The molecule has 1 fully saturated rings. The second kappa shape index (κ2) is 14.7. The first kappa shape index (κ1) is 25.0. The van der Waals surface area contributed by atoms with Crippen LogP contribution in [0.2, 0.25) is 0 Å². The molecule has 0 aliphatic carbocycles. The second-order valence-corrected chi connectivity index (χ2v) is 8.80. The van der Waals surface area contributed by atoms with Crippen molar-refractivity contribution in [3.8, 4) is 11.5 Å². The molecule has 4 heteroatoms. The van der Waals surface area contributed by atoms with Crippen molar-refractivity contribution in [2.24, 2.45) is 5.92 Å². The van der Waals surface area contributed by atoms with E-state index in [0.717, 1.165) is 57.0 Å². The maximum Gasteiger partial charge on any atom is 0.161 e. The molecule has 2 atom stereocenters. The molecular formula is C26H45NO3. The van der Waals surface area contributed by atoms with E-state index in [0.29, 0.717) is 12.5 Å². The van der Waals surface area contributed by atoms with E-state index in [-0.39, 0.29) is 6.10 Å². The van der Waals surface area contributed by atoms with Gasteiger partial charge in [-0.1, -0.05) is 58.4 Å². The number of aliphatic hydroxyl groups is 1. The summed E-state index contributed by atoms with van der Waals surface area (Å²) in [6.45, 7) is 11.0. The first-order valence-corrected chi connectivity index (χ1v) is 12.5. The zero-order chi connectivity index (χ0) is 21.6. The molecule has 1 N–H and O–H groups in total. The summed E-state index contributed by atoms with van der Waals surface area (Å²) >= 11 is 0. The number of piperidine rings is 1. The van der Waals surface area contributed by atoms with Crippen LogP contribution in [0.3, 0.4) is 0 Å². The Morgan fingerprint density at radius 2 is 1.70 bits per heavy atom.